The first kappa shape index (κ1) is 20.2. The van der Waals surface area contributed by atoms with Gasteiger partial charge in [0.15, 0.2) is 0 Å². The SMILES string of the molecule is CC(C)NC(=O)c1ccc(N2CCCN(Cc3cscn3)CC2)c([N+](=O)[O-])c1. The number of nitrogens with zero attached hydrogens (tertiary/aromatic N) is 4. The minimum atomic E-state index is -0.403. The van der Waals surface area contributed by atoms with E-state index in [0.717, 1.165) is 38.3 Å². The van der Waals surface area contributed by atoms with E-state index in [1.165, 1.54) is 6.07 Å². The molecule has 3 rings (SSSR count). The van der Waals surface area contributed by atoms with Crippen LogP contribution in [0.5, 0.6) is 0 Å². The van der Waals surface area contributed by atoms with Gasteiger partial charge in [0.1, 0.15) is 5.69 Å². The van der Waals surface area contributed by atoms with Gasteiger partial charge in [0.05, 0.1) is 16.1 Å². The van der Waals surface area contributed by atoms with Crippen molar-refractivity contribution < 1.29 is 9.72 Å². The Morgan fingerprint density at radius 2 is 2.14 bits per heavy atom. The zero-order valence-electron chi connectivity index (χ0n) is 16.1. The highest BCUT2D eigenvalue weighted by atomic mass is 32.1. The minimum absolute atomic E-state index is 0.0237. The normalized spacial score (nSPS) is 15.5. The number of rotatable bonds is 6. The summed E-state index contributed by atoms with van der Waals surface area (Å²) in [6.45, 7) is 7.69. The summed E-state index contributed by atoms with van der Waals surface area (Å²) in [7, 11) is 0. The summed E-state index contributed by atoms with van der Waals surface area (Å²) >= 11 is 1.59. The predicted octanol–water partition coefficient (Wildman–Crippen LogP) is 2.90. The number of nitrogens with one attached hydrogen (secondary N) is 1. The van der Waals surface area contributed by atoms with Gasteiger partial charge in [-0.2, -0.15) is 0 Å². The fraction of sp³-hybridized carbons (Fsp3) is 0.474. The molecular formula is C19H25N5O3S. The molecule has 1 fully saturated rings. The molecule has 1 aromatic heterocycles. The summed E-state index contributed by atoms with van der Waals surface area (Å²) in [5.74, 6) is -0.296. The third-order valence-electron chi connectivity index (χ3n) is 4.65. The minimum Gasteiger partial charge on any atom is -0.365 e. The Morgan fingerprint density at radius 1 is 1.32 bits per heavy atom. The van der Waals surface area contributed by atoms with E-state index in [0.29, 0.717) is 17.8 Å². The number of benzene rings is 1. The molecule has 2 aromatic rings. The first-order chi connectivity index (χ1) is 13.4. The van der Waals surface area contributed by atoms with E-state index in [2.05, 4.69) is 20.6 Å². The molecule has 1 aromatic carbocycles. The van der Waals surface area contributed by atoms with Gasteiger partial charge in [-0.15, -0.1) is 11.3 Å². The van der Waals surface area contributed by atoms with Gasteiger partial charge in [-0.25, -0.2) is 4.98 Å². The van der Waals surface area contributed by atoms with Crippen molar-refractivity contribution in [3.63, 3.8) is 0 Å². The summed E-state index contributed by atoms with van der Waals surface area (Å²) in [5, 5.41) is 16.5. The van der Waals surface area contributed by atoms with Crippen LogP contribution in [0.25, 0.3) is 0 Å². The number of nitro groups is 1. The average molecular weight is 404 g/mol. The molecule has 1 aliphatic rings. The predicted molar refractivity (Wildman–Crippen MR) is 110 cm³/mol. The Morgan fingerprint density at radius 3 is 2.82 bits per heavy atom. The molecule has 0 radical (unpaired) electrons. The van der Waals surface area contributed by atoms with Crippen LogP contribution in [-0.4, -0.2) is 52.9 Å². The smallest absolute Gasteiger partial charge is 0.293 e. The van der Waals surface area contributed by atoms with Crippen molar-refractivity contribution in [3.05, 3.63) is 50.5 Å². The monoisotopic (exact) mass is 403 g/mol. The molecule has 1 saturated heterocycles. The molecule has 0 aliphatic carbocycles. The van der Waals surface area contributed by atoms with Crippen LogP contribution in [0.1, 0.15) is 36.3 Å². The molecule has 150 valence electrons. The number of amides is 1. The van der Waals surface area contributed by atoms with Crippen molar-refractivity contribution in [2.45, 2.75) is 32.9 Å². The third kappa shape index (κ3) is 5.05. The fourth-order valence-electron chi connectivity index (χ4n) is 3.34. The number of thiazole rings is 1. The molecule has 1 amide bonds. The molecule has 1 aliphatic heterocycles. The van der Waals surface area contributed by atoms with Crippen molar-refractivity contribution in [2.75, 3.05) is 31.1 Å². The standard InChI is InChI=1S/C19H25N5O3S/c1-14(2)21-19(25)15-4-5-17(18(10-15)24(26)27)23-7-3-6-22(8-9-23)11-16-12-28-13-20-16/h4-5,10,12-14H,3,6-9,11H2,1-2H3,(H,21,25). The molecular weight excluding hydrogens is 378 g/mol. The molecule has 9 heteroatoms. The molecule has 1 N–H and O–H groups in total. The molecule has 0 unspecified atom stereocenters. The summed E-state index contributed by atoms with van der Waals surface area (Å²) in [6.07, 6.45) is 0.914. The van der Waals surface area contributed by atoms with Crippen molar-refractivity contribution in [1.82, 2.24) is 15.2 Å². The number of hydrogen-bond donors (Lipinski definition) is 1. The van der Waals surface area contributed by atoms with Gasteiger partial charge in [-0.1, -0.05) is 0 Å². The molecule has 2 heterocycles. The van der Waals surface area contributed by atoms with Crippen LogP contribution >= 0.6 is 11.3 Å². The highest BCUT2D eigenvalue weighted by Crippen LogP contribution is 2.30. The summed E-state index contributed by atoms with van der Waals surface area (Å²) in [5.41, 5.74) is 3.75. The number of anilines is 1. The highest BCUT2D eigenvalue weighted by Gasteiger charge is 2.24. The van der Waals surface area contributed by atoms with Crippen LogP contribution in [0.2, 0.25) is 0 Å². The lowest BCUT2D eigenvalue weighted by Crippen LogP contribution is -2.31. The van der Waals surface area contributed by atoms with E-state index in [1.807, 2.05) is 24.3 Å². The topological polar surface area (TPSA) is 91.6 Å². The quantitative estimate of drug-likeness (QED) is 0.589. The lowest BCUT2D eigenvalue weighted by molar-refractivity contribution is -0.384. The van der Waals surface area contributed by atoms with Gasteiger partial charge in [0.25, 0.3) is 11.6 Å². The van der Waals surface area contributed by atoms with E-state index in [1.54, 1.807) is 23.5 Å². The van der Waals surface area contributed by atoms with Gasteiger partial charge in [-0.05, 0) is 32.4 Å². The second-order valence-electron chi connectivity index (χ2n) is 7.19. The largest absolute Gasteiger partial charge is 0.365 e. The number of nitro benzene ring substituents is 1. The third-order valence-corrected chi connectivity index (χ3v) is 5.29. The molecule has 0 atom stereocenters. The van der Waals surface area contributed by atoms with Crippen LogP contribution < -0.4 is 10.2 Å². The Bertz CT molecular complexity index is 825. The average Bonchev–Trinajstić information content (AvgIpc) is 3.05. The van der Waals surface area contributed by atoms with E-state index >= 15 is 0 Å². The van der Waals surface area contributed by atoms with Crippen molar-refractivity contribution in [2.24, 2.45) is 0 Å². The van der Waals surface area contributed by atoms with Crippen LogP contribution in [0, 0.1) is 10.1 Å². The zero-order valence-corrected chi connectivity index (χ0v) is 16.9. The van der Waals surface area contributed by atoms with Crippen LogP contribution in [0.4, 0.5) is 11.4 Å². The maximum atomic E-state index is 12.2. The lowest BCUT2D eigenvalue weighted by Gasteiger charge is -2.23. The highest BCUT2D eigenvalue weighted by molar-refractivity contribution is 7.07. The molecule has 0 bridgehead atoms. The van der Waals surface area contributed by atoms with Gasteiger partial charge in [0.2, 0.25) is 0 Å². The van der Waals surface area contributed by atoms with E-state index < -0.39 is 4.92 Å². The summed E-state index contributed by atoms with van der Waals surface area (Å²) < 4.78 is 0. The second-order valence-corrected chi connectivity index (χ2v) is 7.90. The second kappa shape index (κ2) is 9.11. The summed E-state index contributed by atoms with van der Waals surface area (Å²) in [4.78, 5) is 32.2. The number of carbonyl (C=O) groups is 1. The van der Waals surface area contributed by atoms with Crippen LogP contribution in [0.3, 0.4) is 0 Å². The zero-order chi connectivity index (χ0) is 20.1. The Balaban J connectivity index is 1.74. The van der Waals surface area contributed by atoms with E-state index in [9.17, 15) is 14.9 Å². The molecule has 28 heavy (non-hydrogen) atoms. The van der Waals surface area contributed by atoms with E-state index in [-0.39, 0.29) is 17.6 Å². The van der Waals surface area contributed by atoms with Crippen molar-refractivity contribution >= 4 is 28.6 Å². The first-order valence-corrected chi connectivity index (χ1v) is 10.3. The number of hydrogen-bond acceptors (Lipinski definition) is 7. The number of carbonyl (C=O) groups excluding carboxylic acids is 1. The fourth-order valence-corrected chi connectivity index (χ4v) is 3.89. The maximum Gasteiger partial charge on any atom is 0.293 e. The summed E-state index contributed by atoms with van der Waals surface area (Å²) in [6, 6.07) is 4.72. The lowest BCUT2D eigenvalue weighted by atomic mass is 10.1. The van der Waals surface area contributed by atoms with E-state index in [4.69, 9.17) is 0 Å². The van der Waals surface area contributed by atoms with Crippen LogP contribution in [-0.2, 0) is 6.54 Å². The van der Waals surface area contributed by atoms with Gasteiger partial charge >= 0.3 is 0 Å². The molecule has 0 saturated carbocycles. The van der Waals surface area contributed by atoms with Crippen molar-refractivity contribution in [1.29, 1.82) is 0 Å². The Kier molecular flexibility index (Phi) is 6.58. The van der Waals surface area contributed by atoms with Gasteiger partial charge in [-0.3, -0.25) is 19.8 Å². The van der Waals surface area contributed by atoms with Gasteiger partial charge in [0, 0.05) is 55.8 Å². The Labute approximate surface area is 168 Å². The van der Waals surface area contributed by atoms with Crippen molar-refractivity contribution in [3.8, 4) is 0 Å². The number of aromatic nitrogens is 1. The molecule has 8 nitrogen and oxygen atoms in total. The van der Waals surface area contributed by atoms with Gasteiger partial charge < -0.3 is 10.2 Å². The first-order valence-electron chi connectivity index (χ1n) is 9.37. The maximum absolute atomic E-state index is 12.2. The molecule has 0 spiro atoms. The Hall–Kier alpha value is -2.52. The van der Waals surface area contributed by atoms with Crippen LogP contribution in [0.15, 0.2) is 29.1 Å².